The van der Waals surface area contributed by atoms with E-state index in [9.17, 15) is 5.11 Å². The molecule has 2 rings (SSSR count). The fourth-order valence-corrected chi connectivity index (χ4v) is 1.91. The molecule has 0 spiro atoms. The lowest BCUT2D eigenvalue weighted by Gasteiger charge is -2.11. The second-order valence-electron chi connectivity index (χ2n) is 4.94. The monoisotopic (exact) mass is 233 g/mol. The Morgan fingerprint density at radius 1 is 1.29 bits per heavy atom. The lowest BCUT2D eigenvalue weighted by atomic mass is 10.1. The van der Waals surface area contributed by atoms with Gasteiger partial charge in [0.15, 0.2) is 5.65 Å². The number of hydrogen-bond acceptors (Lipinski definition) is 3. The number of aliphatic hydroxyl groups is 1. The van der Waals surface area contributed by atoms with Crippen molar-refractivity contribution < 1.29 is 5.11 Å². The smallest absolute Gasteiger partial charge is 0.158 e. The maximum atomic E-state index is 9.42. The summed E-state index contributed by atoms with van der Waals surface area (Å²) in [6.45, 7) is 8.39. The van der Waals surface area contributed by atoms with Crippen molar-refractivity contribution in [2.45, 2.75) is 46.3 Å². The molecular formula is C13H19N3O. The van der Waals surface area contributed by atoms with Gasteiger partial charge in [-0.1, -0.05) is 13.8 Å². The number of hydrogen-bond donors (Lipinski definition) is 1. The van der Waals surface area contributed by atoms with Gasteiger partial charge in [-0.3, -0.25) is 0 Å². The molecule has 0 aliphatic heterocycles. The van der Waals surface area contributed by atoms with Crippen molar-refractivity contribution in [3.8, 4) is 0 Å². The van der Waals surface area contributed by atoms with Gasteiger partial charge in [-0.05, 0) is 31.4 Å². The first-order valence-corrected chi connectivity index (χ1v) is 6.02. The molecule has 2 aromatic rings. The highest BCUT2D eigenvalue weighted by Crippen LogP contribution is 2.24. The van der Waals surface area contributed by atoms with E-state index >= 15 is 0 Å². The molecule has 0 radical (unpaired) electrons. The van der Waals surface area contributed by atoms with E-state index in [1.165, 1.54) is 0 Å². The van der Waals surface area contributed by atoms with E-state index < -0.39 is 0 Å². The normalized spacial score (nSPS) is 11.9. The van der Waals surface area contributed by atoms with Crippen molar-refractivity contribution in [2.75, 3.05) is 0 Å². The number of rotatable bonds is 3. The van der Waals surface area contributed by atoms with Crippen molar-refractivity contribution >= 4 is 11.0 Å². The predicted octanol–water partition coefficient (Wildman–Crippen LogP) is 2.63. The van der Waals surface area contributed by atoms with Gasteiger partial charge in [-0.15, -0.1) is 0 Å². The Kier molecular flexibility index (Phi) is 3.15. The maximum Gasteiger partial charge on any atom is 0.158 e. The van der Waals surface area contributed by atoms with Crippen LogP contribution in [0.25, 0.3) is 11.0 Å². The van der Waals surface area contributed by atoms with Crippen LogP contribution in [0.1, 0.15) is 50.9 Å². The van der Waals surface area contributed by atoms with Gasteiger partial charge in [0, 0.05) is 17.1 Å². The van der Waals surface area contributed by atoms with E-state index in [-0.39, 0.29) is 12.6 Å². The molecule has 0 amide bonds. The summed E-state index contributed by atoms with van der Waals surface area (Å²) in [6, 6.07) is 2.24. The van der Waals surface area contributed by atoms with Crippen LogP contribution in [0.2, 0.25) is 0 Å². The molecule has 0 atom stereocenters. The Morgan fingerprint density at radius 2 is 2.00 bits per heavy atom. The summed E-state index contributed by atoms with van der Waals surface area (Å²) in [5.41, 5.74) is 2.78. The van der Waals surface area contributed by atoms with Gasteiger partial charge in [0.25, 0.3) is 0 Å². The highest BCUT2D eigenvalue weighted by atomic mass is 16.3. The zero-order valence-electron chi connectivity index (χ0n) is 10.8. The summed E-state index contributed by atoms with van der Waals surface area (Å²) in [4.78, 5) is 4.65. The zero-order chi connectivity index (χ0) is 12.6. The Bertz CT molecular complexity index is 529. The van der Waals surface area contributed by atoms with E-state index in [0.717, 1.165) is 22.3 Å². The third-order valence-electron chi connectivity index (χ3n) is 2.92. The van der Waals surface area contributed by atoms with Gasteiger partial charge >= 0.3 is 0 Å². The van der Waals surface area contributed by atoms with Crippen LogP contribution in [0, 0.1) is 0 Å². The summed E-state index contributed by atoms with van der Waals surface area (Å²) in [6.07, 6.45) is 1.79. The first-order chi connectivity index (χ1) is 8.04. The fourth-order valence-electron chi connectivity index (χ4n) is 1.91. The van der Waals surface area contributed by atoms with Gasteiger partial charge in [0.05, 0.1) is 12.8 Å². The highest BCUT2D eigenvalue weighted by molar-refractivity contribution is 5.79. The van der Waals surface area contributed by atoms with E-state index in [1.807, 2.05) is 10.7 Å². The van der Waals surface area contributed by atoms with Crippen LogP contribution >= 0.6 is 0 Å². The van der Waals surface area contributed by atoms with Crippen LogP contribution < -0.4 is 0 Å². The fraction of sp³-hybridized carbons (Fsp3) is 0.538. The average Bonchev–Trinajstić information content (AvgIpc) is 2.70. The van der Waals surface area contributed by atoms with E-state index in [0.29, 0.717) is 5.92 Å². The van der Waals surface area contributed by atoms with Crippen molar-refractivity contribution in [3.63, 3.8) is 0 Å². The average molecular weight is 233 g/mol. The summed E-state index contributed by atoms with van der Waals surface area (Å²) in [7, 11) is 0. The minimum Gasteiger partial charge on any atom is -0.392 e. The quantitative estimate of drug-likeness (QED) is 0.886. The van der Waals surface area contributed by atoms with Gasteiger partial charge in [0.2, 0.25) is 0 Å². The molecule has 0 aromatic carbocycles. The van der Waals surface area contributed by atoms with Crippen LogP contribution in [0.3, 0.4) is 0 Å². The van der Waals surface area contributed by atoms with Crippen LogP contribution in [-0.2, 0) is 6.61 Å². The number of aromatic nitrogens is 3. The standard InChI is InChI=1S/C13H19N3O/c1-8(2)12-5-10(7-17)11-6-14-16(9(3)4)13(11)15-12/h5-6,8-9,17H,7H2,1-4H3. The molecule has 0 fully saturated rings. The van der Waals surface area contributed by atoms with Gasteiger partial charge in [-0.2, -0.15) is 5.10 Å². The lowest BCUT2D eigenvalue weighted by Crippen LogP contribution is -2.05. The van der Waals surface area contributed by atoms with Crippen molar-refractivity contribution in [1.29, 1.82) is 0 Å². The molecule has 2 aromatic heterocycles. The molecule has 0 saturated heterocycles. The molecule has 2 heterocycles. The van der Waals surface area contributed by atoms with Crippen LogP contribution in [0.5, 0.6) is 0 Å². The molecule has 92 valence electrons. The second-order valence-corrected chi connectivity index (χ2v) is 4.94. The Labute approximate surface area is 101 Å². The van der Waals surface area contributed by atoms with Crippen molar-refractivity contribution in [1.82, 2.24) is 14.8 Å². The Balaban J connectivity index is 2.72. The highest BCUT2D eigenvalue weighted by Gasteiger charge is 2.13. The summed E-state index contributed by atoms with van der Waals surface area (Å²) in [5, 5.41) is 14.7. The SMILES string of the molecule is CC(C)c1cc(CO)c2cnn(C(C)C)c2n1. The largest absolute Gasteiger partial charge is 0.392 e. The zero-order valence-corrected chi connectivity index (χ0v) is 10.8. The van der Waals surface area contributed by atoms with E-state index in [4.69, 9.17) is 0 Å². The molecule has 0 aliphatic rings. The Morgan fingerprint density at radius 3 is 2.53 bits per heavy atom. The van der Waals surface area contributed by atoms with E-state index in [2.05, 4.69) is 37.8 Å². The van der Waals surface area contributed by atoms with Gasteiger partial charge in [-0.25, -0.2) is 9.67 Å². The molecule has 0 saturated carbocycles. The van der Waals surface area contributed by atoms with Gasteiger partial charge < -0.3 is 5.11 Å². The molecule has 17 heavy (non-hydrogen) atoms. The first kappa shape index (κ1) is 12.0. The minimum atomic E-state index is 0.0303. The minimum absolute atomic E-state index is 0.0303. The predicted molar refractivity (Wildman–Crippen MR) is 67.9 cm³/mol. The number of aliphatic hydroxyl groups excluding tert-OH is 1. The van der Waals surface area contributed by atoms with Gasteiger partial charge in [0.1, 0.15) is 0 Å². The molecular weight excluding hydrogens is 214 g/mol. The van der Waals surface area contributed by atoms with Crippen LogP contribution in [0.4, 0.5) is 0 Å². The number of nitrogens with zero attached hydrogens (tertiary/aromatic N) is 3. The molecule has 0 unspecified atom stereocenters. The topological polar surface area (TPSA) is 50.9 Å². The second kappa shape index (κ2) is 4.45. The lowest BCUT2D eigenvalue weighted by molar-refractivity contribution is 0.283. The molecule has 0 aliphatic carbocycles. The van der Waals surface area contributed by atoms with Crippen molar-refractivity contribution in [3.05, 3.63) is 23.5 Å². The summed E-state index contributed by atoms with van der Waals surface area (Å²) >= 11 is 0. The van der Waals surface area contributed by atoms with Crippen molar-refractivity contribution in [2.24, 2.45) is 0 Å². The molecule has 4 nitrogen and oxygen atoms in total. The maximum absolute atomic E-state index is 9.42. The van der Waals surface area contributed by atoms with Crippen LogP contribution in [-0.4, -0.2) is 19.9 Å². The molecule has 0 bridgehead atoms. The molecule has 4 heteroatoms. The number of pyridine rings is 1. The molecule has 1 N–H and O–H groups in total. The third-order valence-corrected chi connectivity index (χ3v) is 2.92. The third kappa shape index (κ3) is 2.05. The summed E-state index contributed by atoms with van der Waals surface area (Å²) in [5.74, 6) is 0.347. The van der Waals surface area contributed by atoms with E-state index in [1.54, 1.807) is 6.20 Å². The first-order valence-electron chi connectivity index (χ1n) is 6.02. The number of fused-ring (bicyclic) bond motifs is 1. The summed E-state index contributed by atoms with van der Waals surface area (Å²) < 4.78 is 1.90. The Hall–Kier alpha value is -1.42. The van der Waals surface area contributed by atoms with Crippen LogP contribution in [0.15, 0.2) is 12.3 Å².